The third-order valence-corrected chi connectivity index (χ3v) is 5.86. The van der Waals surface area contributed by atoms with Gasteiger partial charge in [0.2, 0.25) is 5.91 Å². The van der Waals surface area contributed by atoms with E-state index in [2.05, 4.69) is 40.4 Å². The second-order valence-corrected chi connectivity index (χ2v) is 7.59. The van der Waals surface area contributed by atoms with Gasteiger partial charge in [-0.25, -0.2) is 0 Å². The van der Waals surface area contributed by atoms with E-state index >= 15 is 0 Å². The molecule has 29 heavy (non-hydrogen) atoms. The lowest BCUT2D eigenvalue weighted by molar-refractivity contribution is -0.115. The summed E-state index contributed by atoms with van der Waals surface area (Å²) in [5.74, 6) is -0.0416. The van der Waals surface area contributed by atoms with Crippen molar-refractivity contribution in [3.8, 4) is 0 Å². The normalized spacial score (nSPS) is 12.5. The molecule has 3 N–H and O–H groups in total. The standard InChI is InChI=1S/C23H28N4O2/c1-3-27(4-2)12-6-11-24-14-20(28)25-18-9-10-19-22-17(18)13-15-7-5-8-16(21(15)22)23(29)26-19/h5,7-10,24H,3-4,6,11-14H2,1-2H3,(H,25,28)(H,26,29). The smallest absolute Gasteiger partial charge is 0.256 e. The van der Waals surface area contributed by atoms with Gasteiger partial charge >= 0.3 is 0 Å². The van der Waals surface area contributed by atoms with E-state index < -0.39 is 0 Å². The van der Waals surface area contributed by atoms with Gasteiger partial charge in [0.1, 0.15) is 0 Å². The van der Waals surface area contributed by atoms with E-state index in [1.807, 2.05) is 24.3 Å². The SMILES string of the molecule is CCN(CC)CCCNCC(=O)Nc1ccc2[nH]c(=O)c3cccc4c3c2c1C4. The average molecular weight is 393 g/mol. The molecule has 0 fully saturated rings. The molecular formula is C23H28N4O2. The summed E-state index contributed by atoms with van der Waals surface area (Å²) in [5.41, 5.74) is 3.82. The Balaban J connectivity index is 1.44. The molecule has 1 amide bonds. The summed E-state index contributed by atoms with van der Waals surface area (Å²) in [7, 11) is 0. The second-order valence-electron chi connectivity index (χ2n) is 7.59. The fraction of sp³-hybridized carbons (Fsp3) is 0.391. The number of carbonyl (C=O) groups excluding carboxylic acids is 1. The first-order valence-electron chi connectivity index (χ1n) is 10.4. The summed E-state index contributed by atoms with van der Waals surface area (Å²) < 4.78 is 0. The fourth-order valence-electron chi connectivity index (χ4n) is 4.31. The fourth-order valence-corrected chi connectivity index (χ4v) is 4.31. The minimum absolute atomic E-state index is 0.0416. The number of benzene rings is 2. The van der Waals surface area contributed by atoms with Crippen molar-refractivity contribution < 1.29 is 4.79 Å². The third kappa shape index (κ3) is 3.78. The molecule has 0 unspecified atom stereocenters. The van der Waals surface area contributed by atoms with Crippen LogP contribution in [0.4, 0.5) is 5.69 Å². The van der Waals surface area contributed by atoms with Crippen LogP contribution in [0.2, 0.25) is 0 Å². The molecule has 0 bridgehead atoms. The monoisotopic (exact) mass is 392 g/mol. The summed E-state index contributed by atoms with van der Waals surface area (Å²) in [4.78, 5) is 30.2. The zero-order chi connectivity index (χ0) is 20.4. The first-order valence-corrected chi connectivity index (χ1v) is 10.4. The molecule has 0 atom stereocenters. The van der Waals surface area contributed by atoms with E-state index in [-0.39, 0.29) is 11.5 Å². The number of rotatable bonds is 9. The average Bonchev–Trinajstić information content (AvgIpc) is 3.12. The lowest BCUT2D eigenvalue weighted by Gasteiger charge is -2.17. The van der Waals surface area contributed by atoms with Crippen LogP contribution in [0.5, 0.6) is 0 Å². The predicted octanol–water partition coefficient (Wildman–Crippen LogP) is 2.85. The van der Waals surface area contributed by atoms with Crippen LogP contribution >= 0.6 is 0 Å². The van der Waals surface area contributed by atoms with Crippen LogP contribution in [0.1, 0.15) is 31.4 Å². The van der Waals surface area contributed by atoms with Crippen LogP contribution in [-0.2, 0) is 11.2 Å². The van der Waals surface area contributed by atoms with Gasteiger partial charge < -0.3 is 20.5 Å². The molecular weight excluding hydrogens is 364 g/mol. The molecule has 6 heteroatoms. The topological polar surface area (TPSA) is 77.2 Å². The van der Waals surface area contributed by atoms with Crippen molar-refractivity contribution in [2.75, 3.05) is 38.0 Å². The van der Waals surface area contributed by atoms with Crippen molar-refractivity contribution in [3.05, 3.63) is 51.8 Å². The van der Waals surface area contributed by atoms with Crippen LogP contribution in [0, 0.1) is 0 Å². The van der Waals surface area contributed by atoms with Crippen LogP contribution in [0.15, 0.2) is 35.1 Å². The van der Waals surface area contributed by atoms with Gasteiger partial charge in [0.25, 0.3) is 5.56 Å². The highest BCUT2D eigenvalue weighted by atomic mass is 16.2. The molecule has 1 aliphatic rings. The van der Waals surface area contributed by atoms with Gasteiger partial charge in [-0.15, -0.1) is 0 Å². The van der Waals surface area contributed by atoms with Gasteiger partial charge in [-0.3, -0.25) is 9.59 Å². The van der Waals surface area contributed by atoms with E-state index in [0.29, 0.717) is 11.9 Å². The quantitative estimate of drug-likeness (QED) is 0.302. The summed E-state index contributed by atoms with van der Waals surface area (Å²) in [6.07, 6.45) is 1.76. The van der Waals surface area contributed by atoms with Gasteiger partial charge in [-0.1, -0.05) is 26.0 Å². The Morgan fingerprint density at radius 1 is 1.14 bits per heavy atom. The highest BCUT2D eigenvalue weighted by Gasteiger charge is 2.22. The molecule has 152 valence electrons. The van der Waals surface area contributed by atoms with E-state index in [9.17, 15) is 9.59 Å². The van der Waals surface area contributed by atoms with Crippen molar-refractivity contribution in [3.63, 3.8) is 0 Å². The van der Waals surface area contributed by atoms with Crippen molar-refractivity contribution in [2.24, 2.45) is 0 Å². The van der Waals surface area contributed by atoms with E-state index in [0.717, 1.165) is 72.1 Å². The second kappa shape index (κ2) is 8.35. The maximum atomic E-state index is 12.5. The Morgan fingerprint density at radius 2 is 1.97 bits per heavy atom. The highest BCUT2D eigenvalue weighted by Crippen LogP contribution is 2.39. The molecule has 0 radical (unpaired) electrons. The molecule has 1 aromatic heterocycles. The summed E-state index contributed by atoms with van der Waals surface area (Å²) in [6, 6.07) is 9.62. The predicted molar refractivity (Wildman–Crippen MR) is 119 cm³/mol. The Kier molecular flexibility index (Phi) is 5.65. The molecule has 1 heterocycles. The van der Waals surface area contributed by atoms with Gasteiger partial charge in [0, 0.05) is 33.8 Å². The number of aromatic amines is 1. The minimum atomic E-state index is -0.0621. The number of pyridine rings is 1. The zero-order valence-electron chi connectivity index (χ0n) is 17.1. The van der Waals surface area contributed by atoms with Crippen LogP contribution < -0.4 is 16.2 Å². The number of aromatic nitrogens is 1. The van der Waals surface area contributed by atoms with E-state index in [1.54, 1.807) is 0 Å². The highest BCUT2D eigenvalue weighted by molar-refractivity contribution is 6.14. The number of hydrogen-bond acceptors (Lipinski definition) is 4. The van der Waals surface area contributed by atoms with E-state index in [4.69, 9.17) is 0 Å². The third-order valence-electron chi connectivity index (χ3n) is 5.86. The molecule has 0 aliphatic heterocycles. The number of nitrogens with zero attached hydrogens (tertiary/aromatic N) is 1. The number of amides is 1. The molecule has 2 aromatic carbocycles. The number of nitrogens with one attached hydrogen (secondary N) is 3. The molecule has 6 nitrogen and oxygen atoms in total. The number of carbonyl (C=O) groups is 1. The molecule has 0 saturated carbocycles. The van der Waals surface area contributed by atoms with Gasteiger partial charge in [-0.05, 0) is 61.9 Å². The molecule has 0 spiro atoms. The number of anilines is 1. The largest absolute Gasteiger partial charge is 0.325 e. The van der Waals surface area contributed by atoms with Gasteiger partial charge in [-0.2, -0.15) is 0 Å². The summed E-state index contributed by atoms with van der Waals surface area (Å²) >= 11 is 0. The minimum Gasteiger partial charge on any atom is -0.325 e. The molecule has 4 rings (SSSR count). The Hall–Kier alpha value is -2.70. The maximum Gasteiger partial charge on any atom is 0.256 e. The Morgan fingerprint density at radius 3 is 2.76 bits per heavy atom. The summed E-state index contributed by atoms with van der Waals surface area (Å²) in [5, 5.41) is 9.08. The van der Waals surface area contributed by atoms with Crippen LogP contribution in [0.3, 0.4) is 0 Å². The van der Waals surface area contributed by atoms with E-state index in [1.165, 1.54) is 0 Å². The van der Waals surface area contributed by atoms with Crippen molar-refractivity contribution >= 4 is 33.3 Å². The lowest BCUT2D eigenvalue weighted by atomic mass is 10.1. The Bertz CT molecular complexity index is 1120. The maximum absolute atomic E-state index is 12.5. The molecule has 3 aromatic rings. The zero-order valence-corrected chi connectivity index (χ0v) is 17.1. The molecule has 1 aliphatic carbocycles. The lowest BCUT2D eigenvalue weighted by Crippen LogP contribution is -2.31. The number of hydrogen-bond donors (Lipinski definition) is 3. The first-order chi connectivity index (χ1) is 14.1. The van der Waals surface area contributed by atoms with Crippen LogP contribution in [0.25, 0.3) is 21.7 Å². The molecule has 0 saturated heterocycles. The van der Waals surface area contributed by atoms with Crippen molar-refractivity contribution in [2.45, 2.75) is 26.7 Å². The summed E-state index contributed by atoms with van der Waals surface area (Å²) in [6.45, 7) is 8.61. The first kappa shape index (κ1) is 19.6. The van der Waals surface area contributed by atoms with Crippen molar-refractivity contribution in [1.29, 1.82) is 0 Å². The van der Waals surface area contributed by atoms with Crippen LogP contribution in [-0.4, -0.2) is 48.5 Å². The van der Waals surface area contributed by atoms with Gasteiger partial charge in [0.05, 0.1) is 6.54 Å². The number of H-pyrrole nitrogens is 1. The van der Waals surface area contributed by atoms with Crippen molar-refractivity contribution in [1.82, 2.24) is 15.2 Å². The Labute approximate surface area is 170 Å². The van der Waals surface area contributed by atoms with Gasteiger partial charge in [0.15, 0.2) is 0 Å².